The first-order chi connectivity index (χ1) is 8.06. The zero-order valence-corrected chi connectivity index (χ0v) is 11.8. The molecule has 1 amide bonds. The first-order valence-electron chi connectivity index (χ1n) is 7.08. The van der Waals surface area contributed by atoms with Gasteiger partial charge in [-0.1, -0.05) is 27.7 Å². The number of carbonyl (C=O) groups excluding carboxylic acids is 1. The molecule has 1 saturated heterocycles. The van der Waals surface area contributed by atoms with Crippen LogP contribution < -0.4 is 5.32 Å². The van der Waals surface area contributed by atoms with Crippen molar-refractivity contribution >= 4 is 5.91 Å². The molecule has 0 spiro atoms. The van der Waals surface area contributed by atoms with E-state index in [0.29, 0.717) is 17.9 Å². The summed E-state index contributed by atoms with van der Waals surface area (Å²) in [4.78, 5) is 14.3. The minimum Gasteiger partial charge on any atom is -0.341 e. The number of rotatable bonds is 5. The number of piperidine rings is 1. The van der Waals surface area contributed by atoms with Crippen LogP contribution in [0.15, 0.2) is 0 Å². The van der Waals surface area contributed by atoms with Gasteiger partial charge in [0.25, 0.3) is 0 Å². The van der Waals surface area contributed by atoms with Crippen molar-refractivity contribution in [1.29, 1.82) is 0 Å². The van der Waals surface area contributed by atoms with Crippen molar-refractivity contribution in [3.05, 3.63) is 0 Å². The highest BCUT2D eigenvalue weighted by Crippen LogP contribution is 2.17. The molecule has 0 aromatic carbocycles. The normalized spacial score (nSPS) is 22.9. The average Bonchev–Trinajstić information content (AvgIpc) is 2.34. The summed E-state index contributed by atoms with van der Waals surface area (Å²) >= 11 is 0. The number of hydrogen-bond acceptors (Lipinski definition) is 2. The van der Waals surface area contributed by atoms with Crippen LogP contribution in [0.1, 0.15) is 47.0 Å². The van der Waals surface area contributed by atoms with E-state index in [0.717, 1.165) is 32.5 Å². The molecule has 1 aliphatic heterocycles. The molecule has 1 heterocycles. The van der Waals surface area contributed by atoms with Crippen LogP contribution in [-0.4, -0.2) is 36.5 Å². The van der Waals surface area contributed by atoms with E-state index in [9.17, 15) is 4.79 Å². The van der Waals surface area contributed by atoms with E-state index in [-0.39, 0.29) is 5.92 Å². The quantitative estimate of drug-likeness (QED) is 0.799. The van der Waals surface area contributed by atoms with Gasteiger partial charge in [-0.25, -0.2) is 0 Å². The minimum atomic E-state index is 0.153. The second kappa shape index (κ2) is 7.00. The predicted octanol–water partition coefficient (Wildman–Crippen LogP) is 2.27. The lowest BCUT2D eigenvalue weighted by Crippen LogP contribution is -2.50. The third kappa shape index (κ3) is 4.30. The summed E-state index contributed by atoms with van der Waals surface area (Å²) in [5.74, 6) is 0.925. The highest BCUT2D eigenvalue weighted by Gasteiger charge is 2.27. The van der Waals surface area contributed by atoms with Gasteiger partial charge in [0.15, 0.2) is 0 Å². The van der Waals surface area contributed by atoms with Crippen LogP contribution in [-0.2, 0) is 4.79 Å². The van der Waals surface area contributed by atoms with Gasteiger partial charge < -0.3 is 10.2 Å². The Hall–Kier alpha value is -0.570. The van der Waals surface area contributed by atoms with E-state index in [2.05, 4.69) is 37.9 Å². The third-order valence-electron chi connectivity index (χ3n) is 3.81. The summed E-state index contributed by atoms with van der Waals surface area (Å²) in [6.45, 7) is 11.4. The molecule has 17 heavy (non-hydrogen) atoms. The SMILES string of the molecule is CCCNC1CCCN(C(=O)C(C)C(C)C)C1. The van der Waals surface area contributed by atoms with Crippen molar-refractivity contribution in [2.24, 2.45) is 11.8 Å². The van der Waals surface area contributed by atoms with E-state index in [4.69, 9.17) is 0 Å². The highest BCUT2D eigenvalue weighted by molar-refractivity contribution is 5.78. The molecule has 0 saturated carbocycles. The van der Waals surface area contributed by atoms with Gasteiger partial charge in [-0.15, -0.1) is 0 Å². The van der Waals surface area contributed by atoms with Crippen LogP contribution in [0, 0.1) is 11.8 Å². The van der Waals surface area contributed by atoms with Gasteiger partial charge in [0.05, 0.1) is 0 Å². The summed E-state index contributed by atoms with van der Waals surface area (Å²) in [5, 5.41) is 3.53. The van der Waals surface area contributed by atoms with Gasteiger partial charge in [0.1, 0.15) is 0 Å². The highest BCUT2D eigenvalue weighted by atomic mass is 16.2. The van der Waals surface area contributed by atoms with Gasteiger partial charge in [0, 0.05) is 25.0 Å². The van der Waals surface area contributed by atoms with Crippen LogP contribution in [0.3, 0.4) is 0 Å². The van der Waals surface area contributed by atoms with Crippen molar-refractivity contribution in [3.63, 3.8) is 0 Å². The Labute approximate surface area is 106 Å². The largest absolute Gasteiger partial charge is 0.341 e. The van der Waals surface area contributed by atoms with Gasteiger partial charge >= 0.3 is 0 Å². The lowest BCUT2D eigenvalue weighted by atomic mass is 9.95. The molecule has 1 rings (SSSR count). The number of nitrogens with zero attached hydrogens (tertiary/aromatic N) is 1. The Bertz CT molecular complexity index is 240. The van der Waals surface area contributed by atoms with Crippen molar-refractivity contribution in [2.45, 2.75) is 53.0 Å². The van der Waals surface area contributed by atoms with Crippen molar-refractivity contribution < 1.29 is 4.79 Å². The van der Waals surface area contributed by atoms with Crippen molar-refractivity contribution in [3.8, 4) is 0 Å². The fourth-order valence-electron chi connectivity index (χ4n) is 2.27. The van der Waals surface area contributed by atoms with E-state index in [1.807, 2.05) is 0 Å². The molecule has 2 atom stereocenters. The zero-order chi connectivity index (χ0) is 12.8. The molecule has 0 aliphatic carbocycles. The van der Waals surface area contributed by atoms with E-state index < -0.39 is 0 Å². The topological polar surface area (TPSA) is 32.3 Å². The monoisotopic (exact) mass is 240 g/mol. The number of nitrogens with one attached hydrogen (secondary N) is 1. The molecule has 3 nitrogen and oxygen atoms in total. The molecule has 1 N–H and O–H groups in total. The fourth-order valence-corrected chi connectivity index (χ4v) is 2.27. The summed E-state index contributed by atoms with van der Waals surface area (Å²) in [5.41, 5.74) is 0. The second-order valence-electron chi connectivity index (χ2n) is 5.61. The molecule has 0 aromatic heterocycles. The Balaban J connectivity index is 2.45. The smallest absolute Gasteiger partial charge is 0.225 e. The molecular weight excluding hydrogens is 212 g/mol. The van der Waals surface area contributed by atoms with Crippen LogP contribution in [0.2, 0.25) is 0 Å². The Morgan fingerprint density at radius 1 is 1.41 bits per heavy atom. The standard InChI is InChI=1S/C14H28N2O/c1-5-8-15-13-7-6-9-16(10-13)14(17)12(4)11(2)3/h11-13,15H,5-10H2,1-4H3. The second-order valence-corrected chi connectivity index (χ2v) is 5.61. The van der Waals surface area contributed by atoms with Crippen LogP contribution >= 0.6 is 0 Å². The van der Waals surface area contributed by atoms with E-state index >= 15 is 0 Å². The number of amides is 1. The fraction of sp³-hybridized carbons (Fsp3) is 0.929. The van der Waals surface area contributed by atoms with E-state index in [1.165, 1.54) is 6.42 Å². The molecule has 0 aromatic rings. The first kappa shape index (κ1) is 14.5. The molecule has 0 radical (unpaired) electrons. The molecule has 1 aliphatic rings. The average molecular weight is 240 g/mol. The van der Waals surface area contributed by atoms with Crippen LogP contribution in [0.25, 0.3) is 0 Å². The first-order valence-corrected chi connectivity index (χ1v) is 7.08. The lowest BCUT2D eigenvalue weighted by Gasteiger charge is -2.35. The molecule has 100 valence electrons. The molecule has 3 heteroatoms. The summed E-state index contributed by atoms with van der Waals surface area (Å²) in [7, 11) is 0. The van der Waals surface area contributed by atoms with E-state index in [1.54, 1.807) is 0 Å². The van der Waals surface area contributed by atoms with Gasteiger partial charge in [-0.05, 0) is 31.7 Å². The molecule has 0 bridgehead atoms. The molecular formula is C14H28N2O. The maximum absolute atomic E-state index is 12.3. The van der Waals surface area contributed by atoms with Crippen molar-refractivity contribution in [2.75, 3.05) is 19.6 Å². The predicted molar refractivity (Wildman–Crippen MR) is 71.9 cm³/mol. The van der Waals surface area contributed by atoms with Crippen LogP contribution in [0.4, 0.5) is 0 Å². The number of carbonyl (C=O) groups is 1. The number of likely N-dealkylation sites (tertiary alicyclic amines) is 1. The minimum absolute atomic E-state index is 0.153. The zero-order valence-electron chi connectivity index (χ0n) is 11.8. The summed E-state index contributed by atoms with van der Waals surface area (Å²) < 4.78 is 0. The Morgan fingerprint density at radius 2 is 2.12 bits per heavy atom. The lowest BCUT2D eigenvalue weighted by molar-refractivity contribution is -0.137. The van der Waals surface area contributed by atoms with Crippen molar-refractivity contribution in [1.82, 2.24) is 10.2 Å². The maximum Gasteiger partial charge on any atom is 0.225 e. The molecule has 1 fully saturated rings. The van der Waals surface area contributed by atoms with Gasteiger partial charge in [-0.3, -0.25) is 4.79 Å². The number of hydrogen-bond donors (Lipinski definition) is 1. The maximum atomic E-state index is 12.3. The van der Waals surface area contributed by atoms with Crippen LogP contribution in [0.5, 0.6) is 0 Å². The Kier molecular flexibility index (Phi) is 5.96. The summed E-state index contributed by atoms with van der Waals surface area (Å²) in [6, 6.07) is 0.506. The Morgan fingerprint density at radius 3 is 2.71 bits per heavy atom. The van der Waals surface area contributed by atoms with Gasteiger partial charge in [-0.2, -0.15) is 0 Å². The van der Waals surface area contributed by atoms with Gasteiger partial charge in [0.2, 0.25) is 5.91 Å². The summed E-state index contributed by atoms with van der Waals surface area (Å²) in [6.07, 6.45) is 3.50. The third-order valence-corrected chi connectivity index (χ3v) is 3.81. The molecule has 2 unspecified atom stereocenters.